The smallest absolute Gasteiger partial charge is 0.310 e. The van der Waals surface area contributed by atoms with E-state index >= 15 is 0 Å². The fourth-order valence-electron chi connectivity index (χ4n) is 3.71. The molecule has 1 aromatic heterocycles. The summed E-state index contributed by atoms with van der Waals surface area (Å²) in [6.07, 6.45) is 2.72. The second kappa shape index (κ2) is 8.77. The molecule has 164 valence electrons. The number of hydrogen-bond donors (Lipinski definition) is 0. The highest BCUT2D eigenvalue weighted by atomic mass is 32.2. The number of ether oxygens (including phenoxy) is 1. The van der Waals surface area contributed by atoms with Gasteiger partial charge in [-0.2, -0.15) is 4.31 Å². The third kappa shape index (κ3) is 5.02. The van der Waals surface area contributed by atoms with Crippen molar-refractivity contribution in [1.82, 2.24) is 9.21 Å². The molecule has 0 radical (unpaired) electrons. The number of piperazine rings is 1. The van der Waals surface area contributed by atoms with Crippen LogP contribution in [0.25, 0.3) is 11.0 Å². The lowest BCUT2D eigenvalue weighted by molar-refractivity contribution is -0.151. The number of furan rings is 1. The van der Waals surface area contributed by atoms with E-state index in [0.717, 1.165) is 28.4 Å². The third-order valence-electron chi connectivity index (χ3n) is 5.42. The second-order valence-corrected chi connectivity index (χ2v) is 9.98. The maximum absolute atomic E-state index is 12.3. The van der Waals surface area contributed by atoms with Crippen molar-refractivity contribution < 1.29 is 27.2 Å². The van der Waals surface area contributed by atoms with E-state index in [-0.39, 0.29) is 45.1 Å². The van der Waals surface area contributed by atoms with Crippen LogP contribution in [0.4, 0.5) is 0 Å². The Hall–Kier alpha value is -2.39. The van der Waals surface area contributed by atoms with Crippen LogP contribution < -0.4 is 0 Å². The first-order chi connectivity index (χ1) is 14.1. The van der Waals surface area contributed by atoms with Crippen molar-refractivity contribution in [2.75, 3.05) is 39.0 Å². The van der Waals surface area contributed by atoms with Crippen LogP contribution >= 0.6 is 0 Å². The Bertz CT molecular complexity index is 1050. The molecule has 0 unspecified atom stereocenters. The van der Waals surface area contributed by atoms with Crippen molar-refractivity contribution >= 4 is 32.9 Å². The highest BCUT2D eigenvalue weighted by Crippen LogP contribution is 2.29. The van der Waals surface area contributed by atoms with Crippen LogP contribution in [0.1, 0.15) is 36.5 Å². The van der Waals surface area contributed by atoms with Gasteiger partial charge in [0.2, 0.25) is 10.0 Å². The molecular formula is C21H28N2O6S. The molecule has 1 aromatic carbocycles. The van der Waals surface area contributed by atoms with Crippen molar-refractivity contribution in [3.8, 4) is 0 Å². The minimum atomic E-state index is -3.26. The standard InChI is InChI=1S/C21H28N2O6S/c1-14(2)17-11-18-16(12-28-19(18)9-15(17)3)10-21(25)29-13-20(24)22-5-7-23(8-6-22)30(4,26)27/h9,11-12,14H,5-8,10,13H2,1-4H3. The van der Waals surface area contributed by atoms with E-state index in [1.807, 2.05) is 19.1 Å². The molecule has 1 aliphatic rings. The highest BCUT2D eigenvalue weighted by Gasteiger charge is 2.26. The van der Waals surface area contributed by atoms with Crippen LogP contribution in [0, 0.1) is 6.92 Å². The number of benzene rings is 1. The quantitative estimate of drug-likeness (QED) is 0.643. The summed E-state index contributed by atoms with van der Waals surface area (Å²) >= 11 is 0. The topological polar surface area (TPSA) is 97.1 Å². The Kier molecular flexibility index (Phi) is 6.52. The maximum atomic E-state index is 12.3. The Balaban J connectivity index is 1.56. The van der Waals surface area contributed by atoms with Crippen LogP contribution in [-0.4, -0.2) is 68.5 Å². The van der Waals surface area contributed by atoms with E-state index in [0.29, 0.717) is 5.92 Å². The summed E-state index contributed by atoms with van der Waals surface area (Å²) in [6, 6.07) is 4.02. The van der Waals surface area contributed by atoms with Crippen molar-refractivity contribution in [1.29, 1.82) is 0 Å². The molecule has 0 bridgehead atoms. The van der Waals surface area contributed by atoms with Gasteiger partial charge in [0.15, 0.2) is 6.61 Å². The van der Waals surface area contributed by atoms with E-state index in [2.05, 4.69) is 13.8 Å². The van der Waals surface area contributed by atoms with E-state index in [1.54, 1.807) is 6.26 Å². The summed E-state index contributed by atoms with van der Waals surface area (Å²) in [6.45, 7) is 6.97. The van der Waals surface area contributed by atoms with Gasteiger partial charge in [-0.3, -0.25) is 9.59 Å². The van der Waals surface area contributed by atoms with Gasteiger partial charge in [-0.15, -0.1) is 0 Å². The van der Waals surface area contributed by atoms with Gasteiger partial charge in [0.1, 0.15) is 5.58 Å². The summed E-state index contributed by atoms with van der Waals surface area (Å²) in [7, 11) is -3.26. The molecule has 0 saturated carbocycles. The summed E-state index contributed by atoms with van der Waals surface area (Å²) in [5, 5.41) is 0.879. The van der Waals surface area contributed by atoms with Crippen LogP contribution in [0.5, 0.6) is 0 Å². The van der Waals surface area contributed by atoms with E-state index in [1.165, 1.54) is 14.8 Å². The Morgan fingerprint density at radius 1 is 1.17 bits per heavy atom. The van der Waals surface area contributed by atoms with Crippen LogP contribution in [-0.2, 0) is 30.8 Å². The molecule has 2 aromatic rings. The first-order valence-corrected chi connectivity index (χ1v) is 11.8. The second-order valence-electron chi connectivity index (χ2n) is 8.00. The third-order valence-corrected chi connectivity index (χ3v) is 6.72. The monoisotopic (exact) mass is 436 g/mol. The fraction of sp³-hybridized carbons (Fsp3) is 0.524. The van der Waals surface area contributed by atoms with Gasteiger partial charge in [-0.25, -0.2) is 8.42 Å². The van der Waals surface area contributed by atoms with Crippen molar-refractivity contribution in [2.45, 2.75) is 33.1 Å². The lowest BCUT2D eigenvalue weighted by Crippen LogP contribution is -2.51. The van der Waals surface area contributed by atoms with Gasteiger partial charge in [0, 0.05) is 37.1 Å². The lowest BCUT2D eigenvalue weighted by atomic mass is 9.95. The van der Waals surface area contributed by atoms with Gasteiger partial charge < -0.3 is 14.1 Å². The Morgan fingerprint density at radius 2 is 1.83 bits per heavy atom. The number of rotatable bonds is 6. The minimum Gasteiger partial charge on any atom is -0.464 e. The predicted octanol–water partition coefficient (Wildman–Crippen LogP) is 2.05. The molecule has 0 aliphatic carbocycles. The summed E-state index contributed by atoms with van der Waals surface area (Å²) in [5.74, 6) is -0.483. The summed E-state index contributed by atoms with van der Waals surface area (Å²) in [4.78, 5) is 26.1. The number of nitrogens with zero attached hydrogens (tertiary/aromatic N) is 2. The summed E-state index contributed by atoms with van der Waals surface area (Å²) < 4.78 is 35.2. The normalized spacial score (nSPS) is 15.7. The Labute approximate surface area is 176 Å². The summed E-state index contributed by atoms with van der Waals surface area (Å²) in [5.41, 5.74) is 3.79. The molecular weight excluding hydrogens is 408 g/mol. The van der Waals surface area contributed by atoms with Crippen molar-refractivity contribution in [3.05, 3.63) is 35.1 Å². The molecule has 2 heterocycles. The van der Waals surface area contributed by atoms with Gasteiger partial charge in [0.25, 0.3) is 5.91 Å². The molecule has 1 aliphatic heterocycles. The number of fused-ring (bicyclic) bond motifs is 1. The molecule has 8 nitrogen and oxygen atoms in total. The van der Waals surface area contributed by atoms with E-state index in [4.69, 9.17) is 9.15 Å². The highest BCUT2D eigenvalue weighted by molar-refractivity contribution is 7.88. The number of esters is 1. The first-order valence-electron chi connectivity index (χ1n) is 9.95. The fourth-order valence-corrected chi connectivity index (χ4v) is 4.54. The SMILES string of the molecule is Cc1cc2occ(CC(=O)OCC(=O)N3CCN(S(C)(=O)=O)CC3)c2cc1C(C)C. The molecule has 1 amide bonds. The van der Waals surface area contributed by atoms with Gasteiger partial charge in [-0.05, 0) is 36.1 Å². The van der Waals surface area contributed by atoms with Crippen LogP contribution in [0.15, 0.2) is 22.8 Å². The zero-order chi connectivity index (χ0) is 22.1. The lowest BCUT2D eigenvalue weighted by Gasteiger charge is -2.33. The number of amides is 1. The van der Waals surface area contributed by atoms with Gasteiger partial charge in [-0.1, -0.05) is 13.8 Å². The number of carbonyl (C=O) groups excluding carboxylic acids is 2. The number of aryl methyl sites for hydroxylation is 1. The van der Waals surface area contributed by atoms with Gasteiger partial charge in [0.05, 0.1) is 18.9 Å². The molecule has 0 spiro atoms. The predicted molar refractivity (Wildman–Crippen MR) is 113 cm³/mol. The molecule has 30 heavy (non-hydrogen) atoms. The largest absolute Gasteiger partial charge is 0.464 e. The minimum absolute atomic E-state index is 0.0166. The Morgan fingerprint density at radius 3 is 2.43 bits per heavy atom. The molecule has 3 rings (SSSR count). The molecule has 1 fully saturated rings. The zero-order valence-electron chi connectivity index (χ0n) is 17.8. The molecule has 0 N–H and O–H groups in total. The van der Waals surface area contributed by atoms with Crippen molar-refractivity contribution in [3.63, 3.8) is 0 Å². The molecule has 1 saturated heterocycles. The first kappa shape index (κ1) is 22.3. The molecule has 9 heteroatoms. The van der Waals surface area contributed by atoms with E-state index < -0.39 is 16.0 Å². The van der Waals surface area contributed by atoms with Gasteiger partial charge >= 0.3 is 5.97 Å². The number of hydrogen-bond acceptors (Lipinski definition) is 6. The number of sulfonamides is 1. The number of carbonyl (C=O) groups is 2. The van der Waals surface area contributed by atoms with E-state index in [9.17, 15) is 18.0 Å². The average molecular weight is 437 g/mol. The van der Waals surface area contributed by atoms with Crippen LogP contribution in [0.2, 0.25) is 0 Å². The van der Waals surface area contributed by atoms with Crippen LogP contribution in [0.3, 0.4) is 0 Å². The average Bonchev–Trinajstić information content (AvgIpc) is 3.06. The maximum Gasteiger partial charge on any atom is 0.310 e. The zero-order valence-corrected chi connectivity index (χ0v) is 18.6. The van der Waals surface area contributed by atoms with Crippen molar-refractivity contribution in [2.24, 2.45) is 0 Å². The molecule has 0 atom stereocenters.